The fourth-order valence-corrected chi connectivity index (χ4v) is 1.47. The van der Waals surface area contributed by atoms with Crippen LogP contribution < -0.4 is 10.6 Å². The topological polar surface area (TPSA) is 67.4 Å². The highest BCUT2D eigenvalue weighted by molar-refractivity contribution is 5.95. The predicted molar refractivity (Wildman–Crippen MR) is 79.1 cm³/mol. The molecule has 20 heavy (non-hydrogen) atoms. The van der Waals surface area contributed by atoms with Gasteiger partial charge in [-0.25, -0.2) is 4.79 Å². The van der Waals surface area contributed by atoms with Crippen molar-refractivity contribution in [3.05, 3.63) is 42.5 Å². The summed E-state index contributed by atoms with van der Waals surface area (Å²) in [4.78, 5) is 22.7. The van der Waals surface area contributed by atoms with Crippen molar-refractivity contribution < 1.29 is 14.3 Å². The summed E-state index contributed by atoms with van der Waals surface area (Å²) in [5.74, 6) is -0.00215. The van der Waals surface area contributed by atoms with Crippen molar-refractivity contribution in [2.24, 2.45) is 0 Å². The number of hydrogen-bond donors (Lipinski definition) is 2. The van der Waals surface area contributed by atoms with E-state index in [1.165, 1.54) is 6.92 Å². The van der Waals surface area contributed by atoms with Crippen LogP contribution in [0.15, 0.2) is 36.9 Å². The van der Waals surface area contributed by atoms with Gasteiger partial charge in [-0.3, -0.25) is 4.79 Å². The summed E-state index contributed by atoms with van der Waals surface area (Å²) in [7, 11) is 0. The number of urea groups is 1. The second-order valence-electron chi connectivity index (χ2n) is 4.20. The van der Waals surface area contributed by atoms with Gasteiger partial charge >= 0.3 is 6.03 Å². The first kappa shape index (κ1) is 15.9. The zero-order valence-electron chi connectivity index (χ0n) is 11.6. The average Bonchev–Trinajstić information content (AvgIpc) is 2.43. The molecule has 0 radical (unpaired) electrons. The SMILES string of the molecule is C=CCCOCCNC(=O)Nc1ccc(C(C)=O)cc1. The smallest absolute Gasteiger partial charge is 0.319 e. The molecule has 1 aromatic rings. The molecule has 0 heterocycles. The fraction of sp³-hybridized carbons (Fsp3) is 0.333. The molecule has 0 atom stereocenters. The summed E-state index contributed by atoms with van der Waals surface area (Å²) in [6.45, 7) is 6.60. The van der Waals surface area contributed by atoms with Crippen LogP contribution >= 0.6 is 0 Å². The zero-order chi connectivity index (χ0) is 14.8. The van der Waals surface area contributed by atoms with E-state index in [2.05, 4.69) is 17.2 Å². The highest BCUT2D eigenvalue weighted by Gasteiger charge is 2.02. The number of hydrogen-bond acceptors (Lipinski definition) is 3. The van der Waals surface area contributed by atoms with Crippen molar-refractivity contribution in [1.29, 1.82) is 0 Å². The van der Waals surface area contributed by atoms with E-state index in [0.29, 0.717) is 31.0 Å². The van der Waals surface area contributed by atoms with Gasteiger partial charge in [0.2, 0.25) is 0 Å². The van der Waals surface area contributed by atoms with Gasteiger partial charge in [0.25, 0.3) is 0 Å². The Morgan fingerprint density at radius 1 is 1.25 bits per heavy atom. The number of ether oxygens (including phenoxy) is 1. The lowest BCUT2D eigenvalue weighted by Crippen LogP contribution is -2.31. The highest BCUT2D eigenvalue weighted by atomic mass is 16.5. The van der Waals surface area contributed by atoms with Gasteiger partial charge in [0.05, 0.1) is 13.2 Å². The largest absolute Gasteiger partial charge is 0.379 e. The molecule has 0 saturated carbocycles. The number of anilines is 1. The minimum absolute atomic E-state index is 0.00215. The van der Waals surface area contributed by atoms with Crippen molar-refractivity contribution in [1.82, 2.24) is 5.32 Å². The van der Waals surface area contributed by atoms with Crippen LogP contribution in [0.25, 0.3) is 0 Å². The van der Waals surface area contributed by atoms with Gasteiger partial charge in [-0.2, -0.15) is 0 Å². The molecule has 0 saturated heterocycles. The summed E-state index contributed by atoms with van der Waals surface area (Å²) in [5.41, 5.74) is 1.26. The molecular weight excluding hydrogens is 256 g/mol. The third-order valence-corrected chi connectivity index (χ3v) is 2.55. The molecule has 5 heteroatoms. The van der Waals surface area contributed by atoms with Gasteiger partial charge in [0.1, 0.15) is 0 Å². The van der Waals surface area contributed by atoms with Crippen LogP contribution in [-0.2, 0) is 4.74 Å². The lowest BCUT2D eigenvalue weighted by molar-refractivity contribution is 0.101. The average molecular weight is 276 g/mol. The van der Waals surface area contributed by atoms with Gasteiger partial charge in [0, 0.05) is 17.8 Å². The molecule has 0 bridgehead atoms. The lowest BCUT2D eigenvalue weighted by atomic mass is 10.1. The Morgan fingerprint density at radius 3 is 2.55 bits per heavy atom. The number of rotatable bonds is 8. The molecule has 0 fully saturated rings. The molecule has 2 N–H and O–H groups in total. The third-order valence-electron chi connectivity index (χ3n) is 2.55. The Hall–Kier alpha value is -2.14. The Balaban J connectivity index is 2.24. The summed E-state index contributed by atoms with van der Waals surface area (Å²) in [6, 6.07) is 6.44. The van der Waals surface area contributed by atoms with Crippen LogP contribution in [0.5, 0.6) is 0 Å². The molecule has 0 aliphatic heterocycles. The summed E-state index contributed by atoms with van der Waals surface area (Å²) >= 11 is 0. The number of benzene rings is 1. The van der Waals surface area contributed by atoms with Gasteiger partial charge < -0.3 is 15.4 Å². The monoisotopic (exact) mass is 276 g/mol. The molecule has 5 nitrogen and oxygen atoms in total. The van der Waals surface area contributed by atoms with E-state index >= 15 is 0 Å². The highest BCUT2D eigenvalue weighted by Crippen LogP contribution is 2.09. The first-order valence-electron chi connectivity index (χ1n) is 6.48. The molecule has 0 aromatic heterocycles. The molecule has 1 aromatic carbocycles. The van der Waals surface area contributed by atoms with Crippen LogP contribution in [0.1, 0.15) is 23.7 Å². The number of carbonyl (C=O) groups is 2. The number of Topliss-reactive ketones (excluding diaryl/α,β-unsaturated/α-hetero) is 1. The fourth-order valence-electron chi connectivity index (χ4n) is 1.47. The van der Waals surface area contributed by atoms with Crippen molar-refractivity contribution in [3.8, 4) is 0 Å². The summed E-state index contributed by atoms with van der Waals surface area (Å²) in [5, 5.41) is 5.35. The number of carbonyl (C=O) groups excluding carboxylic acids is 2. The molecule has 0 unspecified atom stereocenters. The Bertz CT molecular complexity index is 455. The maximum absolute atomic E-state index is 11.6. The number of ketones is 1. The van der Waals surface area contributed by atoms with Crippen molar-refractivity contribution in [3.63, 3.8) is 0 Å². The standard InChI is InChI=1S/C15H20N2O3/c1-3-4-10-20-11-9-16-15(19)17-14-7-5-13(6-8-14)12(2)18/h3,5-8H,1,4,9-11H2,2H3,(H2,16,17,19). The van der Waals surface area contributed by atoms with E-state index in [4.69, 9.17) is 4.74 Å². The minimum Gasteiger partial charge on any atom is -0.379 e. The van der Waals surface area contributed by atoms with Crippen LogP contribution in [0.3, 0.4) is 0 Å². The first-order valence-corrected chi connectivity index (χ1v) is 6.48. The molecular formula is C15H20N2O3. The second kappa shape index (κ2) is 8.87. The lowest BCUT2D eigenvalue weighted by Gasteiger charge is -2.08. The van der Waals surface area contributed by atoms with Crippen molar-refractivity contribution in [2.45, 2.75) is 13.3 Å². The van der Waals surface area contributed by atoms with Crippen LogP contribution in [-0.4, -0.2) is 31.6 Å². The van der Waals surface area contributed by atoms with Crippen molar-refractivity contribution >= 4 is 17.5 Å². The maximum atomic E-state index is 11.6. The van der Waals surface area contributed by atoms with Gasteiger partial charge in [-0.05, 0) is 37.6 Å². The van der Waals surface area contributed by atoms with Crippen molar-refractivity contribution in [2.75, 3.05) is 25.1 Å². The molecule has 0 aliphatic carbocycles. The first-order chi connectivity index (χ1) is 9.63. The normalized spacial score (nSPS) is 9.85. The van der Waals surface area contributed by atoms with E-state index in [-0.39, 0.29) is 11.8 Å². The summed E-state index contributed by atoms with van der Waals surface area (Å²) in [6.07, 6.45) is 2.58. The maximum Gasteiger partial charge on any atom is 0.319 e. The van der Waals surface area contributed by atoms with Gasteiger partial charge in [0.15, 0.2) is 5.78 Å². The predicted octanol–water partition coefficient (Wildman–Crippen LogP) is 2.60. The van der Waals surface area contributed by atoms with Gasteiger partial charge in [-0.1, -0.05) is 6.08 Å². The quantitative estimate of drug-likeness (QED) is 0.435. The van der Waals surface area contributed by atoms with Crippen LogP contribution in [0, 0.1) is 0 Å². The number of amides is 2. The third kappa shape index (κ3) is 6.15. The van der Waals surface area contributed by atoms with Gasteiger partial charge in [-0.15, -0.1) is 6.58 Å². The Kier molecular flexibility index (Phi) is 7.06. The molecule has 0 spiro atoms. The Morgan fingerprint density at radius 2 is 1.95 bits per heavy atom. The van der Waals surface area contributed by atoms with Crippen LogP contribution in [0.4, 0.5) is 10.5 Å². The van der Waals surface area contributed by atoms with Crippen LogP contribution in [0.2, 0.25) is 0 Å². The van der Waals surface area contributed by atoms with E-state index in [1.807, 2.05) is 0 Å². The van der Waals surface area contributed by atoms with E-state index < -0.39 is 0 Å². The number of nitrogens with one attached hydrogen (secondary N) is 2. The van der Waals surface area contributed by atoms with E-state index in [9.17, 15) is 9.59 Å². The minimum atomic E-state index is -0.298. The Labute approximate surface area is 119 Å². The zero-order valence-corrected chi connectivity index (χ0v) is 11.6. The summed E-state index contributed by atoms with van der Waals surface area (Å²) < 4.78 is 5.27. The molecule has 0 aliphatic rings. The van der Waals surface area contributed by atoms with E-state index in [1.54, 1.807) is 30.3 Å². The molecule has 108 valence electrons. The second-order valence-corrected chi connectivity index (χ2v) is 4.20. The molecule has 1 rings (SSSR count). The molecule has 2 amide bonds. The van der Waals surface area contributed by atoms with E-state index in [0.717, 1.165) is 6.42 Å².